The van der Waals surface area contributed by atoms with Crippen molar-refractivity contribution in [2.75, 3.05) is 0 Å². The minimum Gasteiger partial charge on any atom is -0.446 e. The fourth-order valence-electron chi connectivity index (χ4n) is 2.16. The highest BCUT2D eigenvalue weighted by atomic mass is 35.5. The fraction of sp³-hybridized carbons (Fsp3) is 0.125. The van der Waals surface area contributed by atoms with Gasteiger partial charge in [0.1, 0.15) is 0 Å². The molecule has 0 unspecified atom stereocenters. The van der Waals surface area contributed by atoms with Gasteiger partial charge in [0.2, 0.25) is 18.0 Å². The van der Waals surface area contributed by atoms with Gasteiger partial charge in [0.05, 0.1) is 10.0 Å². The quantitative estimate of drug-likeness (QED) is 0.756. The van der Waals surface area contributed by atoms with E-state index in [0.717, 1.165) is 5.56 Å². The zero-order valence-electron chi connectivity index (χ0n) is 12.0. The van der Waals surface area contributed by atoms with Crippen molar-refractivity contribution in [3.63, 3.8) is 0 Å². The second-order valence-electron chi connectivity index (χ2n) is 4.92. The first-order valence-corrected chi connectivity index (χ1v) is 7.85. The molecule has 2 aromatic rings. The van der Waals surface area contributed by atoms with E-state index < -0.39 is 6.23 Å². The molecule has 0 aromatic heterocycles. The molecule has 118 valence electrons. The molecule has 0 radical (unpaired) electrons. The van der Waals surface area contributed by atoms with Gasteiger partial charge < -0.3 is 4.74 Å². The summed E-state index contributed by atoms with van der Waals surface area (Å²) < 4.78 is 5.85. The number of benzene rings is 2. The Hall–Kier alpha value is -1.75. The number of amides is 1. The summed E-state index contributed by atoms with van der Waals surface area (Å²) in [5, 5.41) is 6.95. The molecule has 0 aliphatic carbocycles. The molecule has 3 rings (SSSR count). The van der Waals surface area contributed by atoms with Crippen LogP contribution < -0.4 is 0 Å². The van der Waals surface area contributed by atoms with Gasteiger partial charge in [0.25, 0.3) is 0 Å². The van der Waals surface area contributed by atoms with Gasteiger partial charge in [0, 0.05) is 23.1 Å². The smallest absolute Gasteiger partial charge is 0.243 e. The summed E-state index contributed by atoms with van der Waals surface area (Å²) in [4.78, 5) is 11.9. The molecule has 0 spiro atoms. The maximum Gasteiger partial charge on any atom is 0.243 e. The highest BCUT2D eigenvalue weighted by molar-refractivity contribution is 6.42. The normalized spacial score (nSPS) is 17.0. The second-order valence-corrected chi connectivity index (χ2v) is 6.17. The van der Waals surface area contributed by atoms with Crippen LogP contribution in [0.1, 0.15) is 24.3 Å². The van der Waals surface area contributed by atoms with Crippen LogP contribution in [0, 0.1) is 0 Å². The van der Waals surface area contributed by atoms with Crippen molar-refractivity contribution in [3.8, 4) is 0 Å². The fourth-order valence-corrected chi connectivity index (χ4v) is 2.59. The lowest BCUT2D eigenvalue weighted by Gasteiger charge is -2.19. The number of halogens is 3. The van der Waals surface area contributed by atoms with Crippen LogP contribution in [0.3, 0.4) is 0 Å². The summed E-state index contributed by atoms with van der Waals surface area (Å²) in [5.74, 6) is 0.0953. The van der Waals surface area contributed by atoms with E-state index >= 15 is 0 Å². The van der Waals surface area contributed by atoms with Crippen molar-refractivity contribution in [2.45, 2.75) is 13.2 Å². The van der Waals surface area contributed by atoms with Gasteiger partial charge in [-0.2, -0.15) is 5.01 Å². The molecule has 2 aromatic carbocycles. The van der Waals surface area contributed by atoms with Crippen LogP contribution in [0.2, 0.25) is 15.1 Å². The van der Waals surface area contributed by atoms with Crippen molar-refractivity contribution in [1.82, 2.24) is 5.01 Å². The molecular formula is C16H11Cl3N2O2. The van der Waals surface area contributed by atoms with Crippen LogP contribution >= 0.6 is 34.8 Å². The third kappa shape index (κ3) is 3.29. The highest BCUT2D eigenvalue weighted by Crippen LogP contribution is 2.33. The number of carbonyl (C=O) groups is 1. The number of hydrogen-bond donors (Lipinski definition) is 0. The Labute approximate surface area is 148 Å². The van der Waals surface area contributed by atoms with Crippen LogP contribution in [-0.2, 0) is 9.53 Å². The van der Waals surface area contributed by atoms with Crippen molar-refractivity contribution in [2.24, 2.45) is 5.10 Å². The summed E-state index contributed by atoms with van der Waals surface area (Å²) in [6, 6.07) is 12.1. The zero-order chi connectivity index (χ0) is 16.6. The van der Waals surface area contributed by atoms with Crippen molar-refractivity contribution in [3.05, 3.63) is 68.7 Å². The Bertz CT molecular complexity index is 790. The van der Waals surface area contributed by atoms with Crippen LogP contribution in [-0.4, -0.2) is 16.8 Å². The molecule has 1 amide bonds. The first-order chi connectivity index (χ1) is 11.0. The Morgan fingerprint density at radius 1 is 1.09 bits per heavy atom. The Morgan fingerprint density at radius 2 is 1.78 bits per heavy atom. The number of rotatable bonds is 2. The van der Waals surface area contributed by atoms with E-state index in [2.05, 4.69) is 5.10 Å². The standard InChI is InChI=1S/C16H11Cl3N2O2/c1-9(22)21-16(11-4-7-13(18)14(19)8-11)23-15(20-21)10-2-5-12(17)6-3-10/h2-8,16H,1H3/t16-/m0/s1. The minimum absolute atomic E-state index is 0.245. The molecule has 4 nitrogen and oxygen atoms in total. The van der Waals surface area contributed by atoms with Crippen molar-refractivity contribution >= 4 is 46.6 Å². The molecule has 0 saturated carbocycles. The Balaban J connectivity index is 1.95. The maximum absolute atomic E-state index is 11.9. The number of hydrazone groups is 1. The third-order valence-electron chi connectivity index (χ3n) is 3.29. The average molecular weight is 370 g/mol. The van der Waals surface area contributed by atoms with Crippen LogP contribution in [0.4, 0.5) is 0 Å². The molecule has 1 aliphatic rings. The minimum atomic E-state index is -0.687. The summed E-state index contributed by atoms with van der Waals surface area (Å²) in [6.07, 6.45) is -0.687. The van der Waals surface area contributed by atoms with Crippen LogP contribution in [0.15, 0.2) is 47.6 Å². The van der Waals surface area contributed by atoms with E-state index in [4.69, 9.17) is 39.5 Å². The van der Waals surface area contributed by atoms with E-state index in [1.165, 1.54) is 11.9 Å². The van der Waals surface area contributed by atoms with Gasteiger partial charge in [-0.15, -0.1) is 5.10 Å². The molecule has 1 aliphatic heterocycles. The van der Waals surface area contributed by atoms with Crippen LogP contribution in [0.5, 0.6) is 0 Å². The summed E-state index contributed by atoms with van der Waals surface area (Å²) in [5.41, 5.74) is 1.41. The molecule has 23 heavy (non-hydrogen) atoms. The van der Waals surface area contributed by atoms with E-state index in [1.807, 2.05) is 0 Å². The van der Waals surface area contributed by atoms with Gasteiger partial charge in [-0.05, 0) is 36.4 Å². The number of ether oxygens (including phenoxy) is 1. The Morgan fingerprint density at radius 3 is 2.39 bits per heavy atom. The van der Waals surface area contributed by atoms with Gasteiger partial charge in [-0.1, -0.05) is 40.9 Å². The Kier molecular flexibility index (Phi) is 4.48. The molecule has 0 N–H and O–H groups in total. The van der Waals surface area contributed by atoms with Gasteiger partial charge in [0.15, 0.2) is 0 Å². The molecule has 7 heteroatoms. The monoisotopic (exact) mass is 368 g/mol. The second kappa shape index (κ2) is 6.40. The highest BCUT2D eigenvalue weighted by Gasteiger charge is 2.33. The molecule has 1 atom stereocenters. The lowest BCUT2D eigenvalue weighted by Crippen LogP contribution is -2.25. The summed E-state index contributed by atoms with van der Waals surface area (Å²) in [7, 11) is 0. The van der Waals surface area contributed by atoms with E-state index in [1.54, 1.807) is 42.5 Å². The predicted octanol–water partition coefficient (Wildman–Crippen LogP) is 4.89. The predicted molar refractivity (Wildman–Crippen MR) is 90.8 cm³/mol. The number of carbonyl (C=O) groups excluding carboxylic acids is 1. The van der Waals surface area contributed by atoms with E-state index in [9.17, 15) is 4.79 Å². The van der Waals surface area contributed by atoms with Crippen molar-refractivity contribution < 1.29 is 9.53 Å². The van der Waals surface area contributed by atoms with E-state index in [-0.39, 0.29) is 5.91 Å². The summed E-state index contributed by atoms with van der Waals surface area (Å²) >= 11 is 17.9. The molecule has 0 fully saturated rings. The molecule has 0 saturated heterocycles. The van der Waals surface area contributed by atoms with E-state index in [0.29, 0.717) is 26.5 Å². The number of nitrogens with zero attached hydrogens (tertiary/aromatic N) is 2. The lowest BCUT2D eigenvalue weighted by molar-refractivity contribution is -0.135. The van der Waals surface area contributed by atoms with Crippen molar-refractivity contribution in [1.29, 1.82) is 0 Å². The topological polar surface area (TPSA) is 41.9 Å². The maximum atomic E-state index is 11.9. The van der Waals surface area contributed by atoms with Gasteiger partial charge in [-0.25, -0.2) is 0 Å². The molecule has 1 heterocycles. The largest absolute Gasteiger partial charge is 0.446 e. The average Bonchev–Trinajstić information content (AvgIpc) is 2.96. The first-order valence-electron chi connectivity index (χ1n) is 6.71. The van der Waals surface area contributed by atoms with Crippen LogP contribution in [0.25, 0.3) is 0 Å². The van der Waals surface area contributed by atoms with Gasteiger partial charge >= 0.3 is 0 Å². The zero-order valence-corrected chi connectivity index (χ0v) is 14.2. The molecular weight excluding hydrogens is 359 g/mol. The SMILES string of the molecule is CC(=O)N1N=C(c2ccc(Cl)cc2)O[C@H]1c1ccc(Cl)c(Cl)c1. The molecule has 0 bridgehead atoms. The van der Waals surface area contributed by atoms with Gasteiger partial charge in [-0.3, -0.25) is 4.79 Å². The third-order valence-corrected chi connectivity index (χ3v) is 4.28. The summed E-state index contributed by atoms with van der Waals surface area (Å²) in [6.45, 7) is 1.42. The first kappa shape index (κ1) is 16.1. The lowest BCUT2D eigenvalue weighted by atomic mass is 10.2. The number of hydrogen-bond acceptors (Lipinski definition) is 3.